The predicted octanol–water partition coefficient (Wildman–Crippen LogP) is 4.39. The summed E-state index contributed by atoms with van der Waals surface area (Å²) in [4.78, 5) is 16.6. The minimum absolute atomic E-state index is 0.108. The topological polar surface area (TPSA) is 77.0 Å². The van der Waals surface area contributed by atoms with E-state index in [1.807, 2.05) is 25.1 Å². The molecule has 0 unspecified atom stereocenters. The summed E-state index contributed by atoms with van der Waals surface area (Å²) in [5.41, 5.74) is 0.918. The Morgan fingerprint density at radius 2 is 2.08 bits per heavy atom. The summed E-state index contributed by atoms with van der Waals surface area (Å²) in [5.74, 6) is 1.95. The fourth-order valence-corrected chi connectivity index (χ4v) is 5.49. The molecule has 3 aromatic rings. The molecule has 6 nitrogen and oxygen atoms in total. The van der Waals surface area contributed by atoms with Crippen LogP contribution in [0.25, 0.3) is 10.2 Å². The number of nitrogens with one attached hydrogen (secondary N) is 1. The van der Waals surface area contributed by atoms with Crippen LogP contribution in [0.4, 0.5) is 5.13 Å². The van der Waals surface area contributed by atoms with Gasteiger partial charge in [-0.2, -0.15) is 0 Å². The molecule has 2 heterocycles. The van der Waals surface area contributed by atoms with Crippen LogP contribution < -0.4 is 10.1 Å². The van der Waals surface area contributed by atoms with Gasteiger partial charge in [-0.3, -0.25) is 10.1 Å². The van der Waals surface area contributed by atoms with Gasteiger partial charge in [0.2, 0.25) is 11.0 Å². The molecular formula is C15H16N4O2S4. The van der Waals surface area contributed by atoms with Crippen molar-refractivity contribution in [3.63, 3.8) is 0 Å². The van der Waals surface area contributed by atoms with Crippen LogP contribution >= 0.6 is 46.2 Å². The lowest BCUT2D eigenvalue weighted by molar-refractivity contribution is -0.113. The van der Waals surface area contributed by atoms with Gasteiger partial charge in [-0.15, -0.1) is 21.5 Å². The van der Waals surface area contributed by atoms with Gasteiger partial charge < -0.3 is 4.74 Å². The Balaban J connectivity index is 1.56. The second kappa shape index (κ2) is 8.84. The highest BCUT2D eigenvalue weighted by Crippen LogP contribution is 2.32. The van der Waals surface area contributed by atoms with Crippen LogP contribution in [-0.2, 0) is 4.79 Å². The fraction of sp³-hybridized carbons (Fsp3) is 0.333. The molecule has 3 rings (SSSR count). The van der Waals surface area contributed by atoms with Crippen molar-refractivity contribution in [2.45, 2.75) is 22.5 Å². The van der Waals surface area contributed by atoms with Gasteiger partial charge >= 0.3 is 0 Å². The first-order valence-electron chi connectivity index (χ1n) is 7.60. The number of nitrogens with zero attached hydrogens (tertiary/aromatic N) is 3. The normalized spacial score (nSPS) is 11.0. The number of carbonyl (C=O) groups is 1. The van der Waals surface area contributed by atoms with Crippen molar-refractivity contribution in [3.05, 3.63) is 18.2 Å². The monoisotopic (exact) mass is 412 g/mol. The van der Waals surface area contributed by atoms with Crippen molar-refractivity contribution in [2.24, 2.45) is 0 Å². The number of thioether (sulfide) groups is 2. The van der Waals surface area contributed by atoms with E-state index in [0.717, 1.165) is 30.4 Å². The summed E-state index contributed by atoms with van der Waals surface area (Å²) in [6.45, 7) is 4.64. The fourth-order valence-electron chi connectivity index (χ4n) is 1.93. The number of carbonyl (C=O) groups excluding carboxylic acids is 1. The Hall–Kier alpha value is -1.36. The molecule has 10 heteroatoms. The first-order valence-corrected chi connectivity index (χ1v) is 11.2. The lowest BCUT2D eigenvalue weighted by Gasteiger charge is -2.00. The van der Waals surface area contributed by atoms with Crippen LogP contribution in [0.2, 0.25) is 0 Å². The Bertz CT molecular complexity index is 864. The molecule has 1 amide bonds. The second-order valence-corrected chi connectivity index (χ2v) is 9.43. The van der Waals surface area contributed by atoms with Gasteiger partial charge in [0, 0.05) is 0 Å². The molecule has 0 aliphatic carbocycles. The Morgan fingerprint density at radius 1 is 1.20 bits per heavy atom. The van der Waals surface area contributed by atoms with Gasteiger partial charge in [-0.1, -0.05) is 41.8 Å². The Kier molecular flexibility index (Phi) is 6.51. The lowest BCUT2D eigenvalue weighted by atomic mass is 10.3. The van der Waals surface area contributed by atoms with E-state index >= 15 is 0 Å². The maximum absolute atomic E-state index is 12.1. The predicted molar refractivity (Wildman–Crippen MR) is 106 cm³/mol. The highest BCUT2D eigenvalue weighted by atomic mass is 32.2. The van der Waals surface area contributed by atoms with Crippen molar-refractivity contribution >= 4 is 67.5 Å². The molecule has 0 atom stereocenters. The van der Waals surface area contributed by atoms with E-state index < -0.39 is 0 Å². The third-order valence-corrected chi connectivity index (χ3v) is 6.91. The lowest BCUT2D eigenvalue weighted by Crippen LogP contribution is -2.13. The van der Waals surface area contributed by atoms with E-state index in [9.17, 15) is 4.79 Å². The van der Waals surface area contributed by atoms with Gasteiger partial charge in [0.1, 0.15) is 5.75 Å². The van der Waals surface area contributed by atoms with E-state index in [-0.39, 0.29) is 11.7 Å². The third-order valence-electron chi connectivity index (χ3n) is 2.90. The van der Waals surface area contributed by atoms with Crippen LogP contribution in [0.3, 0.4) is 0 Å². The molecule has 0 fully saturated rings. The zero-order chi connectivity index (χ0) is 17.6. The largest absolute Gasteiger partial charge is 0.494 e. The van der Waals surface area contributed by atoms with E-state index in [4.69, 9.17) is 4.74 Å². The molecule has 0 saturated carbocycles. The molecule has 25 heavy (non-hydrogen) atoms. The van der Waals surface area contributed by atoms with Gasteiger partial charge in [-0.25, -0.2) is 4.98 Å². The highest BCUT2D eigenvalue weighted by molar-refractivity contribution is 8.01. The molecule has 0 saturated heterocycles. The van der Waals surface area contributed by atoms with E-state index in [1.165, 1.54) is 23.1 Å². The molecule has 1 N–H and O–H groups in total. The molecule has 2 aromatic heterocycles. The molecule has 132 valence electrons. The summed E-state index contributed by atoms with van der Waals surface area (Å²) in [7, 11) is 0. The number of hydrogen-bond acceptors (Lipinski definition) is 9. The number of anilines is 1. The van der Waals surface area contributed by atoms with Crippen molar-refractivity contribution in [2.75, 3.05) is 23.4 Å². The summed E-state index contributed by atoms with van der Waals surface area (Å²) in [5, 5.41) is 11.3. The summed E-state index contributed by atoms with van der Waals surface area (Å²) >= 11 is 5.98. The van der Waals surface area contributed by atoms with Crippen molar-refractivity contribution in [1.29, 1.82) is 0 Å². The standard InChI is InChI=1S/C15H16N4O2S4/c1-3-21-9-5-6-10-11(7-9)24-14(16-10)23-8-12(20)17-13-18-19-15(25-13)22-4-2/h5-7H,3-4,8H2,1-2H3,(H,17,18,20). The number of amides is 1. The molecule has 0 aliphatic rings. The molecule has 0 spiro atoms. The zero-order valence-electron chi connectivity index (χ0n) is 13.6. The average Bonchev–Trinajstić information content (AvgIpc) is 3.19. The smallest absolute Gasteiger partial charge is 0.236 e. The number of fused-ring (bicyclic) bond motifs is 1. The van der Waals surface area contributed by atoms with Crippen LogP contribution in [-0.4, -0.2) is 39.2 Å². The maximum Gasteiger partial charge on any atom is 0.236 e. The minimum atomic E-state index is -0.108. The molecule has 0 aliphatic heterocycles. The number of thiazole rings is 1. The zero-order valence-corrected chi connectivity index (χ0v) is 16.9. The third kappa shape index (κ3) is 5.06. The quantitative estimate of drug-likeness (QED) is 0.434. The molecule has 1 aromatic carbocycles. The van der Waals surface area contributed by atoms with Crippen LogP contribution in [0.15, 0.2) is 26.9 Å². The van der Waals surface area contributed by atoms with Crippen molar-refractivity contribution in [3.8, 4) is 5.75 Å². The molecule has 0 radical (unpaired) electrons. The first kappa shape index (κ1) is 18.4. The van der Waals surface area contributed by atoms with Gasteiger partial charge in [-0.05, 0) is 30.9 Å². The van der Waals surface area contributed by atoms with Crippen LogP contribution in [0.1, 0.15) is 13.8 Å². The second-order valence-electron chi connectivity index (χ2n) is 4.69. The molecular weight excluding hydrogens is 396 g/mol. The van der Waals surface area contributed by atoms with Crippen molar-refractivity contribution in [1.82, 2.24) is 15.2 Å². The summed E-state index contributed by atoms with van der Waals surface area (Å²) < 4.78 is 8.28. The number of ether oxygens (including phenoxy) is 1. The van der Waals surface area contributed by atoms with Gasteiger partial charge in [0.05, 0.1) is 22.6 Å². The first-order chi connectivity index (χ1) is 12.2. The van der Waals surface area contributed by atoms with E-state index in [2.05, 4.69) is 27.4 Å². The molecule has 0 bridgehead atoms. The minimum Gasteiger partial charge on any atom is -0.494 e. The van der Waals surface area contributed by atoms with Gasteiger partial charge in [0.15, 0.2) is 8.68 Å². The maximum atomic E-state index is 12.1. The number of benzene rings is 1. The van der Waals surface area contributed by atoms with Crippen LogP contribution in [0.5, 0.6) is 5.75 Å². The number of aromatic nitrogens is 3. The Labute approximate surface area is 161 Å². The average molecular weight is 413 g/mol. The SMILES string of the molecule is CCOc1ccc2nc(SCC(=O)Nc3nnc(SCC)s3)sc2c1. The summed E-state index contributed by atoms with van der Waals surface area (Å²) in [6, 6.07) is 5.83. The number of hydrogen-bond donors (Lipinski definition) is 1. The summed E-state index contributed by atoms with van der Waals surface area (Å²) in [6.07, 6.45) is 0. The van der Waals surface area contributed by atoms with E-state index in [1.54, 1.807) is 23.1 Å². The Morgan fingerprint density at radius 3 is 2.88 bits per heavy atom. The highest BCUT2D eigenvalue weighted by Gasteiger charge is 2.11. The van der Waals surface area contributed by atoms with Crippen LogP contribution in [0, 0.1) is 0 Å². The van der Waals surface area contributed by atoms with Gasteiger partial charge in [0.25, 0.3) is 0 Å². The van der Waals surface area contributed by atoms with Crippen molar-refractivity contribution < 1.29 is 9.53 Å². The van der Waals surface area contributed by atoms with E-state index in [0.29, 0.717) is 11.7 Å². The number of rotatable bonds is 8.